The minimum absolute atomic E-state index is 0.213. The van der Waals surface area contributed by atoms with E-state index in [0.717, 1.165) is 22.9 Å². The van der Waals surface area contributed by atoms with Crippen LogP contribution < -0.4 is 0 Å². The first-order valence-electron chi connectivity index (χ1n) is 5.96. The van der Waals surface area contributed by atoms with Gasteiger partial charge in [-0.3, -0.25) is 9.59 Å². The summed E-state index contributed by atoms with van der Waals surface area (Å²) < 4.78 is 0. The van der Waals surface area contributed by atoms with Crippen molar-refractivity contribution in [2.24, 2.45) is 0 Å². The highest BCUT2D eigenvalue weighted by molar-refractivity contribution is 8.26. The van der Waals surface area contributed by atoms with E-state index in [1.165, 1.54) is 0 Å². The van der Waals surface area contributed by atoms with Crippen molar-refractivity contribution < 1.29 is 9.59 Å². The third-order valence-corrected chi connectivity index (χ3v) is 3.54. The predicted octanol–water partition coefficient (Wildman–Crippen LogP) is 4.02. The molecule has 0 saturated heterocycles. The van der Waals surface area contributed by atoms with E-state index in [2.05, 4.69) is 0 Å². The normalized spacial score (nSPS) is 10.2. The minimum Gasteiger partial charge on any atom is -0.281 e. The first kappa shape index (κ1) is 13.6. The van der Waals surface area contributed by atoms with Crippen molar-refractivity contribution in [3.63, 3.8) is 0 Å². The van der Waals surface area contributed by atoms with Crippen molar-refractivity contribution in [2.45, 2.75) is 13.8 Å². The van der Waals surface area contributed by atoms with E-state index in [0.29, 0.717) is 11.1 Å². The lowest BCUT2D eigenvalue weighted by Crippen LogP contribution is -2.01. The van der Waals surface area contributed by atoms with Crippen molar-refractivity contribution in [2.75, 3.05) is 0 Å². The van der Waals surface area contributed by atoms with Crippen molar-refractivity contribution in [1.29, 1.82) is 0 Å². The molecule has 0 bridgehead atoms. The Kier molecular flexibility index (Phi) is 4.17. The van der Waals surface area contributed by atoms with Gasteiger partial charge in [-0.2, -0.15) is 0 Å². The molecule has 0 aliphatic rings. The zero-order valence-corrected chi connectivity index (χ0v) is 11.7. The number of thioether (sulfide) groups is 1. The second-order valence-electron chi connectivity index (χ2n) is 4.42. The molecule has 19 heavy (non-hydrogen) atoms. The van der Waals surface area contributed by atoms with Crippen LogP contribution in [0.25, 0.3) is 0 Å². The molecule has 2 rings (SSSR count). The second-order valence-corrected chi connectivity index (χ2v) is 5.36. The van der Waals surface area contributed by atoms with Gasteiger partial charge in [-0.05, 0) is 37.7 Å². The summed E-state index contributed by atoms with van der Waals surface area (Å²) >= 11 is 0.745. The first-order valence-corrected chi connectivity index (χ1v) is 6.78. The van der Waals surface area contributed by atoms with Gasteiger partial charge in [0.2, 0.25) is 10.2 Å². The Morgan fingerprint density at radius 2 is 1.21 bits per heavy atom. The summed E-state index contributed by atoms with van der Waals surface area (Å²) in [7, 11) is 0. The molecule has 0 N–H and O–H groups in total. The molecular weight excluding hydrogens is 256 g/mol. The second kappa shape index (κ2) is 5.85. The molecule has 0 radical (unpaired) electrons. The quantitative estimate of drug-likeness (QED) is 0.826. The summed E-state index contributed by atoms with van der Waals surface area (Å²) in [6.45, 7) is 3.84. The summed E-state index contributed by atoms with van der Waals surface area (Å²) in [6.07, 6.45) is 0. The van der Waals surface area contributed by atoms with Crippen LogP contribution >= 0.6 is 11.8 Å². The molecule has 96 valence electrons. The molecule has 0 aliphatic heterocycles. The summed E-state index contributed by atoms with van der Waals surface area (Å²) in [5.74, 6) is 0. The Labute approximate surface area is 116 Å². The van der Waals surface area contributed by atoms with Crippen LogP contribution in [0.4, 0.5) is 0 Å². The van der Waals surface area contributed by atoms with Crippen molar-refractivity contribution >= 4 is 22.0 Å². The molecule has 0 saturated carbocycles. The van der Waals surface area contributed by atoms with Crippen LogP contribution in [0.2, 0.25) is 0 Å². The Morgan fingerprint density at radius 1 is 0.789 bits per heavy atom. The third-order valence-electron chi connectivity index (χ3n) is 2.69. The number of hydrogen-bond donors (Lipinski definition) is 0. The Hall–Kier alpha value is -1.87. The fraction of sp³-hybridized carbons (Fsp3) is 0.125. The molecule has 3 heteroatoms. The van der Waals surface area contributed by atoms with Gasteiger partial charge < -0.3 is 0 Å². The van der Waals surface area contributed by atoms with Gasteiger partial charge in [0.15, 0.2) is 0 Å². The number of carbonyl (C=O) groups excluding carboxylic acids is 2. The summed E-state index contributed by atoms with van der Waals surface area (Å²) in [5, 5.41) is -0.426. The average molecular weight is 270 g/mol. The van der Waals surface area contributed by atoms with E-state index in [1.807, 2.05) is 38.1 Å². The molecule has 2 aromatic carbocycles. The Morgan fingerprint density at radius 3 is 1.58 bits per heavy atom. The molecule has 0 spiro atoms. The molecule has 0 aliphatic carbocycles. The van der Waals surface area contributed by atoms with Crippen LogP contribution in [0.5, 0.6) is 0 Å². The van der Waals surface area contributed by atoms with E-state index in [1.54, 1.807) is 24.3 Å². The van der Waals surface area contributed by atoms with Crippen LogP contribution in [-0.2, 0) is 0 Å². The molecule has 0 unspecified atom stereocenters. The highest BCUT2D eigenvalue weighted by Gasteiger charge is 2.14. The topological polar surface area (TPSA) is 34.1 Å². The van der Waals surface area contributed by atoms with Crippen LogP contribution in [-0.4, -0.2) is 10.2 Å². The summed E-state index contributed by atoms with van der Waals surface area (Å²) in [4.78, 5) is 24.0. The molecule has 0 fully saturated rings. The summed E-state index contributed by atoms with van der Waals surface area (Å²) in [5.41, 5.74) is 3.14. The fourth-order valence-electron chi connectivity index (χ4n) is 1.75. The number of rotatable bonds is 2. The Bertz CT molecular complexity index is 577. The fourth-order valence-corrected chi connectivity index (χ4v) is 2.40. The first-order chi connectivity index (χ1) is 9.06. The van der Waals surface area contributed by atoms with Crippen molar-refractivity contribution in [3.8, 4) is 0 Å². The van der Waals surface area contributed by atoms with Gasteiger partial charge >= 0.3 is 0 Å². The zero-order valence-electron chi connectivity index (χ0n) is 10.8. The van der Waals surface area contributed by atoms with Crippen LogP contribution in [0, 0.1) is 13.8 Å². The standard InChI is InChI=1S/C16H14O2S/c1-11-5-3-7-13(9-11)15(17)19-16(18)14-8-4-6-12(2)10-14/h3-10H,1-2H3. The van der Waals surface area contributed by atoms with Crippen LogP contribution in [0.15, 0.2) is 48.5 Å². The highest BCUT2D eigenvalue weighted by Crippen LogP contribution is 2.19. The lowest BCUT2D eigenvalue weighted by Gasteiger charge is -2.02. The van der Waals surface area contributed by atoms with Gasteiger partial charge in [0, 0.05) is 11.1 Å². The van der Waals surface area contributed by atoms with Gasteiger partial charge in [0.1, 0.15) is 0 Å². The molecule has 0 heterocycles. The van der Waals surface area contributed by atoms with E-state index in [4.69, 9.17) is 0 Å². The smallest absolute Gasteiger partial charge is 0.227 e. The predicted molar refractivity (Wildman–Crippen MR) is 78.6 cm³/mol. The minimum atomic E-state index is -0.213. The van der Waals surface area contributed by atoms with Gasteiger partial charge in [-0.1, -0.05) is 47.5 Å². The van der Waals surface area contributed by atoms with Gasteiger partial charge in [-0.25, -0.2) is 0 Å². The van der Waals surface area contributed by atoms with Crippen LogP contribution in [0.1, 0.15) is 31.8 Å². The third kappa shape index (κ3) is 3.55. The number of carbonyl (C=O) groups is 2. The van der Waals surface area contributed by atoms with Crippen molar-refractivity contribution in [1.82, 2.24) is 0 Å². The molecule has 0 amide bonds. The Balaban J connectivity index is 2.13. The number of aryl methyl sites for hydroxylation is 2. The van der Waals surface area contributed by atoms with E-state index in [-0.39, 0.29) is 10.2 Å². The molecular formula is C16H14O2S. The molecule has 2 aromatic rings. The maximum absolute atomic E-state index is 12.0. The molecule has 2 nitrogen and oxygen atoms in total. The van der Waals surface area contributed by atoms with E-state index < -0.39 is 0 Å². The summed E-state index contributed by atoms with van der Waals surface area (Å²) in [6, 6.07) is 14.5. The lowest BCUT2D eigenvalue weighted by atomic mass is 10.1. The highest BCUT2D eigenvalue weighted by atomic mass is 32.2. The van der Waals surface area contributed by atoms with Gasteiger partial charge in [0.25, 0.3) is 0 Å². The molecule has 0 atom stereocenters. The molecule has 0 aromatic heterocycles. The zero-order chi connectivity index (χ0) is 13.8. The number of benzene rings is 2. The van der Waals surface area contributed by atoms with Crippen LogP contribution in [0.3, 0.4) is 0 Å². The maximum Gasteiger partial charge on any atom is 0.227 e. The van der Waals surface area contributed by atoms with E-state index >= 15 is 0 Å². The number of hydrogen-bond acceptors (Lipinski definition) is 3. The van der Waals surface area contributed by atoms with E-state index in [9.17, 15) is 9.59 Å². The van der Waals surface area contributed by atoms with Crippen molar-refractivity contribution in [3.05, 3.63) is 70.8 Å². The monoisotopic (exact) mass is 270 g/mol. The maximum atomic E-state index is 12.0. The lowest BCUT2D eigenvalue weighted by molar-refractivity contribution is 0.106. The SMILES string of the molecule is Cc1cccc(C(=O)SC(=O)c2cccc(C)c2)c1. The van der Waals surface area contributed by atoms with Gasteiger partial charge in [-0.15, -0.1) is 0 Å². The van der Waals surface area contributed by atoms with Gasteiger partial charge in [0.05, 0.1) is 0 Å². The average Bonchev–Trinajstić information content (AvgIpc) is 2.38. The largest absolute Gasteiger partial charge is 0.281 e.